The number of nitrogens with zero attached hydrogens (tertiary/aromatic N) is 2. The fourth-order valence-corrected chi connectivity index (χ4v) is 2.71. The Morgan fingerprint density at radius 1 is 1.33 bits per heavy atom. The van der Waals surface area contributed by atoms with Gasteiger partial charge in [0.15, 0.2) is 5.13 Å². The monoisotopic (exact) mass is 306 g/mol. The minimum atomic E-state index is -0.991. The van der Waals surface area contributed by atoms with Gasteiger partial charge in [0.25, 0.3) is 0 Å². The number of methoxy groups -OCH3 is 1. The number of ether oxygens (including phenoxy) is 1. The zero-order valence-electron chi connectivity index (χ0n) is 12.5. The number of carboxylic acids is 1. The van der Waals surface area contributed by atoms with Gasteiger partial charge in [-0.1, -0.05) is 0 Å². The van der Waals surface area contributed by atoms with Gasteiger partial charge in [0.2, 0.25) is 0 Å². The highest BCUT2D eigenvalue weighted by Crippen LogP contribution is 2.32. The van der Waals surface area contributed by atoms with Crippen molar-refractivity contribution in [3.63, 3.8) is 0 Å². The van der Waals surface area contributed by atoms with E-state index in [1.54, 1.807) is 26.3 Å². The van der Waals surface area contributed by atoms with Crippen LogP contribution in [0.2, 0.25) is 0 Å². The molecule has 1 heterocycles. The Balaban J connectivity index is 2.26. The van der Waals surface area contributed by atoms with Crippen molar-refractivity contribution in [1.29, 1.82) is 0 Å². The minimum absolute atomic E-state index is 0.565. The average molecular weight is 306 g/mol. The van der Waals surface area contributed by atoms with Crippen molar-refractivity contribution in [2.75, 3.05) is 19.1 Å². The van der Waals surface area contributed by atoms with Gasteiger partial charge in [0, 0.05) is 18.1 Å². The van der Waals surface area contributed by atoms with E-state index in [1.165, 1.54) is 11.3 Å². The molecule has 112 valence electrons. The zero-order valence-corrected chi connectivity index (χ0v) is 13.3. The summed E-state index contributed by atoms with van der Waals surface area (Å²) in [4.78, 5) is 17.7. The first-order valence-electron chi connectivity index (χ1n) is 6.43. The number of aromatic nitrogens is 1. The molecule has 1 N–H and O–H groups in total. The lowest BCUT2D eigenvalue weighted by Gasteiger charge is -2.18. The summed E-state index contributed by atoms with van der Waals surface area (Å²) in [6.07, 6.45) is 0. The van der Waals surface area contributed by atoms with Crippen molar-refractivity contribution in [2.24, 2.45) is 0 Å². The van der Waals surface area contributed by atoms with Crippen LogP contribution in [0, 0.1) is 0 Å². The molecule has 2 rings (SSSR count). The summed E-state index contributed by atoms with van der Waals surface area (Å²) < 4.78 is 5.13. The number of anilines is 2. The van der Waals surface area contributed by atoms with E-state index in [1.807, 2.05) is 36.2 Å². The highest BCUT2D eigenvalue weighted by molar-refractivity contribution is 7.13. The second kappa shape index (κ2) is 5.73. The Bertz CT molecular complexity index is 635. The van der Waals surface area contributed by atoms with Crippen molar-refractivity contribution < 1.29 is 14.6 Å². The number of aliphatic carboxylic acids is 1. The molecule has 0 aliphatic heterocycles. The molecule has 0 amide bonds. The van der Waals surface area contributed by atoms with Crippen molar-refractivity contribution in [1.82, 2.24) is 4.98 Å². The molecule has 0 radical (unpaired) electrons. The smallest absolute Gasteiger partial charge is 0.315 e. The molecule has 0 unspecified atom stereocenters. The summed E-state index contributed by atoms with van der Waals surface area (Å²) in [7, 11) is 3.53. The van der Waals surface area contributed by atoms with E-state index in [9.17, 15) is 9.90 Å². The highest BCUT2D eigenvalue weighted by Gasteiger charge is 2.32. The van der Waals surface area contributed by atoms with Gasteiger partial charge in [-0.3, -0.25) is 4.79 Å². The molecule has 0 bridgehead atoms. The summed E-state index contributed by atoms with van der Waals surface area (Å²) in [5.74, 6) is -0.0922. The van der Waals surface area contributed by atoms with E-state index in [-0.39, 0.29) is 0 Å². The molecule has 0 saturated carbocycles. The number of carbonyl (C=O) groups is 1. The quantitative estimate of drug-likeness (QED) is 0.918. The number of thiazole rings is 1. The van der Waals surface area contributed by atoms with Crippen LogP contribution in [0.4, 0.5) is 10.8 Å². The third-order valence-corrected chi connectivity index (χ3v) is 4.33. The molecule has 1 aromatic heterocycles. The Hall–Kier alpha value is -2.08. The number of hydrogen-bond acceptors (Lipinski definition) is 5. The third-order valence-electron chi connectivity index (χ3n) is 3.41. The van der Waals surface area contributed by atoms with Crippen LogP contribution in [0.5, 0.6) is 5.75 Å². The highest BCUT2D eigenvalue weighted by atomic mass is 32.1. The SMILES string of the molecule is COc1ccc(N(C)c2nc(C(C)(C)C(=O)O)cs2)cc1. The van der Waals surface area contributed by atoms with Gasteiger partial charge >= 0.3 is 5.97 Å². The first-order chi connectivity index (χ1) is 9.86. The number of rotatable bonds is 5. The van der Waals surface area contributed by atoms with Gasteiger partial charge in [0.05, 0.1) is 12.8 Å². The number of carboxylic acid groups (broad SMARTS) is 1. The van der Waals surface area contributed by atoms with Gasteiger partial charge in [0.1, 0.15) is 11.2 Å². The normalized spacial score (nSPS) is 11.2. The second-order valence-electron chi connectivity index (χ2n) is 5.20. The number of hydrogen-bond donors (Lipinski definition) is 1. The molecule has 0 spiro atoms. The molecular formula is C15H18N2O3S. The summed E-state index contributed by atoms with van der Waals surface area (Å²) in [6, 6.07) is 7.62. The minimum Gasteiger partial charge on any atom is -0.497 e. The Kier molecular flexibility index (Phi) is 4.18. The average Bonchev–Trinajstić information content (AvgIpc) is 2.97. The second-order valence-corrected chi connectivity index (χ2v) is 6.04. The van der Waals surface area contributed by atoms with E-state index in [0.717, 1.165) is 16.6 Å². The van der Waals surface area contributed by atoms with Crippen molar-refractivity contribution >= 4 is 28.1 Å². The molecule has 0 aliphatic carbocycles. The maximum absolute atomic E-state index is 11.3. The van der Waals surface area contributed by atoms with E-state index in [0.29, 0.717) is 5.69 Å². The van der Waals surface area contributed by atoms with Crippen LogP contribution in [0.1, 0.15) is 19.5 Å². The first-order valence-corrected chi connectivity index (χ1v) is 7.31. The maximum atomic E-state index is 11.3. The van der Waals surface area contributed by atoms with Crippen LogP contribution >= 0.6 is 11.3 Å². The fourth-order valence-electron chi connectivity index (χ4n) is 1.73. The van der Waals surface area contributed by atoms with Crippen LogP contribution in [-0.4, -0.2) is 30.2 Å². The van der Waals surface area contributed by atoms with Crippen LogP contribution < -0.4 is 9.64 Å². The van der Waals surface area contributed by atoms with Gasteiger partial charge < -0.3 is 14.7 Å². The van der Waals surface area contributed by atoms with Gasteiger partial charge in [-0.2, -0.15) is 0 Å². The van der Waals surface area contributed by atoms with Crippen LogP contribution in [0.15, 0.2) is 29.6 Å². The lowest BCUT2D eigenvalue weighted by atomic mass is 9.90. The topological polar surface area (TPSA) is 62.7 Å². The largest absolute Gasteiger partial charge is 0.497 e. The maximum Gasteiger partial charge on any atom is 0.315 e. The third kappa shape index (κ3) is 3.00. The van der Waals surface area contributed by atoms with Crippen molar-refractivity contribution in [3.8, 4) is 5.75 Å². The van der Waals surface area contributed by atoms with Crippen molar-refractivity contribution in [3.05, 3.63) is 35.3 Å². The predicted octanol–water partition coefficient (Wildman–Crippen LogP) is 3.28. The van der Waals surface area contributed by atoms with E-state index >= 15 is 0 Å². The summed E-state index contributed by atoms with van der Waals surface area (Å²) in [5, 5.41) is 11.8. The van der Waals surface area contributed by atoms with Crippen LogP contribution in [0.3, 0.4) is 0 Å². The molecule has 5 nitrogen and oxygen atoms in total. The van der Waals surface area contributed by atoms with Gasteiger partial charge in [-0.05, 0) is 38.1 Å². The Labute approximate surface area is 127 Å². The van der Waals surface area contributed by atoms with Crippen LogP contribution in [-0.2, 0) is 10.2 Å². The molecule has 2 aromatic rings. The fraction of sp³-hybridized carbons (Fsp3) is 0.333. The molecule has 1 aromatic carbocycles. The molecule has 0 aliphatic rings. The molecule has 0 atom stereocenters. The molecular weight excluding hydrogens is 288 g/mol. The van der Waals surface area contributed by atoms with Crippen molar-refractivity contribution in [2.45, 2.75) is 19.3 Å². The summed E-state index contributed by atoms with van der Waals surface area (Å²) in [5.41, 5.74) is 0.537. The first kappa shape index (κ1) is 15.3. The Morgan fingerprint density at radius 3 is 2.48 bits per heavy atom. The van der Waals surface area contributed by atoms with E-state index < -0.39 is 11.4 Å². The Morgan fingerprint density at radius 2 is 1.95 bits per heavy atom. The number of benzene rings is 1. The standard InChI is InChI=1S/C15H18N2O3S/c1-15(2,13(18)19)12-9-21-14(16-12)17(3)10-5-7-11(20-4)8-6-10/h5-9H,1-4H3,(H,18,19). The van der Waals surface area contributed by atoms with Gasteiger partial charge in [-0.15, -0.1) is 11.3 Å². The lowest BCUT2D eigenvalue weighted by Crippen LogP contribution is -2.29. The van der Waals surface area contributed by atoms with Gasteiger partial charge in [-0.25, -0.2) is 4.98 Å². The predicted molar refractivity (Wildman–Crippen MR) is 83.8 cm³/mol. The summed E-state index contributed by atoms with van der Waals surface area (Å²) in [6.45, 7) is 3.31. The zero-order chi connectivity index (χ0) is 15.6. The van der Waals surface area contributed by atoms with Crippen LogP contribution in [0.25, 0.3) is 0 Å². The molecule has 0 fully saturated rings. The van der Waals surface area contributed by atoms with E-state index in [4.69, 9.17) is 4.74 Å². The van der Waals surface area contributed by atoms with E-state index in [2.05, 4.69) is 4.98 Å². The molecule has 0 saturated heterocycles. The summed E-state index contributed by atoms with van der Waals surface area (Å²) >= 11 is 1.43. The lowest BCUT2D eigenvalue weighted by molar-refractivity contribution is -0.142. The molecule has 6 heteroatoms. The molecule has 21 heavy (non-hydrogen) atoms.